The molecule has 0 heterocycles. The van der Waals surface area contributed by atoms with Crippen LogP contribution in [0.3, 0.4) is 0 Å². The Morgan fingerprint density at radius 2 is 1.32 bits per heavy atom. The Morgan fingerprint density at radius 3 is 1.68 bits per heavy atom. The quantitative estimate of drug-likeness (QED) is 0.212. The van der Waals surface area contributed by atoms with Gasteiger partial charge in [0.05, 0.1) is 14.7 Å². The summed E-state index contributed by atoms with van der Waals surface area (Å²) in [5.41, 5.74) is 0.446. The van der Waals surface area contributed by atoms with Crippen molar-refractivity contribution in [1.29, 1.82) is 0 Å². The van der Waals surface area contributed by atoms with Crippen molar-refractivity contribution < 1.29 is 23.7 Å². The maximum atomic E-state index is 11.4. The molecule has 0 aromatic carbocycles. The summed E-state index contributed by atoms with van der Waals surface area (Å²) in [4.78, 5) is 11.4. The van der Waals surface area contributed by atoms with Crippen molar-refractivity contribution in [1.82, 2.24) is 0 Å². The van der Waals surface area contributed by atoms with Gasteiger partial charge in [-0.25, -0.2) is 4.79 Å². The van der Waals surface area contributed by atoms with Gasteiger partial charge in [-0.3, -0.25) is 0 Å². The molecule has 0 N–H and O–H groups in total. The molecule has 6 heteroatoms. The van der Waals surface area contributed by atoms with Crippen molar-refractivity contribution in [3.8, 4) is 0 Å². The lowest BCUT2D eigenvalue weighted by molar-refractivity contribution is -0.138. The Balaban J connectivity index is 4.50. The van der Waals surface area contributed by atoms with Crippen LogP contribution in [0.5, 0.6) is 0 Å². The fourth-order valence-corrected chi connectivity index (χ4v) is 6.75. The maximum absolute atomic E-state index is 11.4. The van der Waals surface area contributed by atoms with Crippen LogP contribution in [0, 0.1) is 0 Å². The molecule has 0 spiro atoms. The van der Waals surface area contributed by atoms with Crippen LogP contribution >= 0.6 is 0 Å². The molecule has 0 amide bonds. The number of carbonyl (C=O) groups is 1. The van der Waals surface area contributed by atoms with E-state index in [4.69, 9.17) is 18.9 Å². The van der Waals surface area contributed by atoms with Gasteiger partial charge < -0.3 is 18.9 Å². The van der Waals surface area contributed by atoms with Crippen LogP contribution in [0.4, 0.5) is 0 Å². The Morgan fingerprint density at radius 1 is 0.864 bits per heavy atom. The number of rotatable bonds is 14. The van der Waals surface area contributed by atoms with Gasteiger partial charge in [-0.05, 0) is 31.5 Å². The number of methoxy groups -OCH3 is 3. The van der Waals surface area contributed by atoms with Crippen LogP contribution in [-0.2, 0) is 23.7 Å². The summed E-state index contributed by atoms with van der Waals surface area (Å²) < 4.78 is 21.1. The van der Waals surface area contributed by atoms with E-state index in [0.29, 0.717) is 12.2 Å². The Kier molecular flexibility index (Phi) is 12.4. The predicted molar refractivity (Wildman–Crippen MR) is 91.0 cm³/mol. The van der Waals surface area contributed by atoms with E-state index in [0.717, 1.165) is 50.4 Å². The van der Waals surface area contributed by atoms with E-state index in [2.05, 4.69) is 6.58 Å². The van der Waals surface area contributed by atoms with Gasteiger partial charge in [-0.2, -0.15) is 0 Å². The van der Waals surface area contributed by atoms with Crippen molar-refractivity contribution in [2.24, 2.45) is 0 Å². The summed E-state index contributed by atoms with van der Waals surface area (Å²) in [7, 11) is 3.66. The standard InChI is InChI=1S/C16H32O5Si/c1-15(2)16(17)21-7-6-11-22(12-8-18-3,13-9-19-4)14-10-20-5/h1,6-14H2,2-5H3. The third kappa shape index (κ3) is 9.35. The minimum Gasteiger partial charge on any atom is -0.462 e. The highest BCUT2D eigenvalue weighted by molar-refractivity contribution is 6.80. The Bertz CT molecular complexity index is 298. The second kappa shape index (κ2) is 12.8. The first kappa shape index (κ1) is 21.3. The van der Waals surface area contributed by atoms with Gasteiger partial charge in [0.15, 0.2) is 0 Å². The van der Waals surface area contributed by atoms with Crippen LogP contribution in [-0.4, -0.2) is 61.8 Å². The molecule has 0 unspecified atom stereocenters. The summed E-state index contributed by atoms with van der Waals surface area (Å²) in [6.07, 6.45) is 0.877. The van der Waals surface area contributed by atoms with Crippen molar-refractivity contribution in [2.45, 2.75) is 37.5 Å². The van der Waals surface area contributed by atoms with Crippen molar-refractivity contribution in [3.05, 3.63) is 12.2 Å². The summed E-state index contributed by atoms with van der Waals surface area (Å²) in [6, 6.07) is 4.35. The van der Waals surface area contributed by atoms with Gasteiger partial charge in [-0.1, -0.05) is 12.6 Å². The first-order valence-corrected chi connectivity index (χ1v) is 10.6. The molecule has 0 aromatic heterocycles. The Hall–Kier alpha value is -0.693. The zero-order valence-electron chi connectivity index (χ0n) is 14.6. The highest BCUT2D eigenvalue weighted by atomic mass is 28.3. The lowest BCUT2D eigenvalue weighted by atomic mass is 10.4. The monoisotopic (exact) mass is 332 g/mol. The highest BCUT2D eigenvalue weighted by Gasteiger charge is 2.31. The van der Waals surface area contributed by atoms with E-state index in [9.17, 15) is 4.79 Å². The molecule has 0 atom stereocenters. The average molecular weight is 333 g/mol. The summed E-state index contributed by atoms with van der Waals surface area (Å²) in [5, 5.41) is 0. The minimum atomic E-state index is -1.55. The second-order valence-electron chi connectivity index (χ2n) is 5.75. The highest BCUT2D eigenvalue weighted by Crippen LogP contribution is 2.28. The molecule has 0 aromatic rings. The maximum Gasteiger partial charge on any atom is 0.333 e. The van der Waals surface area contributed by atoms with Gasteiger partial charge in [-0.15, -0.1) is 0 Å². The fourth-order valence-electron chi connectivity index (χ4n) is 2.44. The number of hydrogen-bond acceptors (Lipinski definition) is 5. The van der Waals surface area contributed by atoms with Crippen molar-refractivity contribution in [2.75, 3.05) is 47.8 Å². The third-order valence-electron chi connectivity index (χ3n) is 3.94. The summed E-state index contributed by atoms with van der Waals surface area (Å²) in [5.74, 6) is -0.307. The van der Waals surface area contributed by atoms with E-state index in [1.54, 1.807) is 28.3 Å². The van der Waals surface area contributed by atoms with Crippen molar-refractivity contribution in [3.63, 3.8) is 0 Å². The summed E-state index contributed by atoms with van der Waals surface area (Å²) in [6.45, 7) is 8.01. The van der Waals surface area contributed by atoms with E-state index in [-0.39, 0.29) is 5.97 Å². The second-order valence-corrected chi connectivity index (χ2v) is 10.7. The molecule has 0 aliphatic carbocycles. The molecule has 0 saturated heterocycles. The molecule has 0 saturated carbocycles. The molecule has 0 aliphatic rings. The van der Waals surface area contributed by atoms with Gasteiger partial charge in [0, 0.05) is 46.7 Å². The SMILES string of the molecule is C=C(C)C(=O)OCCC[Si](CCOC)(CCOC)CCOC. The molecule has 0 aliphatic heterocycles. The molecule has 0 radical (unpaired) electrons. The first-order valence-electron chi connectivity index (χ1n) is 7.81. The number of ether oxygens (including phenoxy) is 4. The molecular formula is C16H32O5Si. The van der Waals surface area contributed by atoms with Crippen LogP contribution in [0.1, 0.15) is 13.3 Å². The van der Waals surface area contributed by atoms with E-state index in [1.165, 1.54) is 0 Å². The van der Waals surface area contributed by atoms with E-state index in [1.807, 2.05) is 0 Å². The normalized spacial score (nSPS) is 11.5. The number of esters is 1. The van der Waals surface area contributed by atoms with Gasteiger partial charge in [0.25, 0.3) is 0 Å². The number of hydrogen-bond donors (Lipinski definition) is 0. The van der Waals surface area contributed by atoms with Crippen LogP contribution < -0.4 is 0 Å². The largest absolute Gasteiger partial charge is 0.462 e. The molecule has 0 bridgehead atoms. The lowest BCUT2D eigenvalue weighted by Crippen LogP contribution is -2.38. The number of carbonyl (C=O) groups excluding carboxylic acids is 1. The molecular weight excluding hydrogens is 300 g/mol. The zero-order valence-corrected chi connectivity index (χ0v) is 15.6. The predicted octanol–water partition coefficient (Wildman–Crippen LogP) is 2.88. The third-order valence-corrected chi connectivity index (χ3v) is 9.15. The lowest BCUT2D eigenvalue weighted by Gasteiger charge is -2.31. The van der Waals surface area contributed by atoms with Crippen molar-refractivity contribution >= 4 is 14.0 Å². The Labute approximate surface area is 136 Å². The molecule has 5 nitrogen and oxygen atoms in total. The average Bonchev–Trinajstić information content (AvgIpc) is 2.52. The first-order chi connectivity index (χ1) is 10.5. The topological polar surface area (TPSA) is 54.0 Å². The zero-order chi connectivity index (χ0) is 16.8. The summed E-state index contributed by atoms with van der Waals surface area (Å²) >= 11 is 0. The van der Waals surface area contributed by atoms with Crippen LogP contribution in [0.2, 0.25) is 24.2 Å². The molecule has 0 rings (SSSR count). The molecule has 22 heavy (non-hydrogen) atoms. The van der Waals surface area contributed by atoms with Gasteiger partial charge in [0.1, 0.15) is 0 Å². The van der Waals surface area contributed by atoms with E-state index >= 15 is 0 Å². The molecule has 130 valence electrons. The van der Waals surface area contributed by atoms with Crippen LogP contribution in [0.15, 0.2) is 12.2 Å². The van der Waals surface area contributed by atoms with Gasteiger partial charge in [0.2, 0.25) is 0 Å². The van der Waals surface area contributed by atoms with E-state index < -0.39 is 8.07 Å². The minimum absolute atomic E-state index is 0.307. The van der Waals surface area contributed by atoms with Crippen LogP contribution in [0.25, 0.3) is 0 Å². The molecule has 0 fully saturated rings. The smallest absolute Gasteiger partial charge is 0.333 e. The van der Waals surface area contributed by atoms with Gasteiger partial charge >= 0.3 is 5.97 Å². The fraction of sp³-hybridized carbons (Fsp3) is 0.812.